The van der Waals surface area contributed by atoms with Crippen molar-refractivity contribution in [1.82, 2.24) is 4.57 Å². The number of benzene rings is 1. The smallest absolute Gasteiger partial charge is 0.290 e. The Balaban J connectivity index is 2.27. The first-order valence-electron chi connectivity index (χ1n) is 5.38. The number of hydrogen-bond donors (Lipinski definition) is 1. The highest BCUT2D eigenvalue weighted by Gasteiger charge is 2.31. The highest BCUT2D eigenvalue weighted by molar-refractivity contribution is 5.33. The quantitative estimate of drug-likeness (QED) is 0.908. The normalized spacial score (nSPS) is 11.4. The van der Waals surface area contributed by atoms with Gasteiger partial charge in [-0.25, -0.2) is 0 Å². The van der Waals surface area contributed by atoms with Crippen molar-refractivity contribution in [1.29, 1.82) is 0 Å². The minimum absolute atomic E-state index is 0.0404. The second-order valence-corrected chi connectivity index (χ2v) is 4.01. The Kier molecular flexibility index (Phi) is 3.14. The molecule has 0 aliphatic rings. The number of aromatic nitrogens is 1. The summed E-state index contributed by atoms with van der Waals surface area (Å²) in [6, 6.07) is 8.71. The molecule has 0 radical (unpaired) electrons. The lowest BCUT2D eigenvalue weighted by Crippen LogP contribution is -2.22. The van der Waals surface area contributed by atoms with Crippen LogP contribution in [-0.4, -0.2) is 4.57 Å². The fraction of sp³-hybridized carbons (Fsp3) is 0.154. The van der Waals surface area contributed by atoms with E-state index in [0.717, 1.165) is 0 Å². The molecular formula is C13H12F2N2O. The van der Waals surface area contributed by atoms with Crippen molar-refractivity contribution in [3.05, 3.63) is 64.6 Å². The zero-order valence-corrected chi connectivity index (χ0v) is 9.51. The van der Waals surface area contributed by atoms with Crippen LogP contribution in [0.25, 0.3) is 0 Å². The summed E-state index contributed by atoms with van der Waals surface area (Å²) in [4.78, 5) is 11.1. The molecule has 94 valence electrons. The Morgan fingerprint density at radius 2 is 1.83 bits per heavy atom. The van der Waals surface area contributed by atoms with Gasteiger partial charge >= 0.3 is 0 Å². The summed E-state index contributed by atoms with van der Waals surface area (Å²) >= 11 is 0. The zero-order valence-electron chi connectivity index (χ0n) is 9.51. The maximum absolute atomic E-state index is 13.9. The highest BCUT2D eigenvalue weighted by Crippen LogP contribution is 2.29. The van der Waals surface area contributed by atoms with Crippen LogP contribution in [-0.2, 0) is 12.5 Å². The number of pyridine rings is 1. The Morgan fingerprint density at radius 1 is 1.17 bits per heavy atom. The first-order valence-corrected chi connectivity index (χ1v) is 5.38. The van der Waals surface area contributed by atoms with Crippen molar-refractivity contribution in [2.24, 2.45) is 0 Å². The lowest BCUT2D eigenvalue weighted by Gasteiger charge is -2.18. The van der Waals surface area contributed by atoms with E-state index in [9.17, 15) is 13.6 Å². The van der Waals surface area contributed by atoms with Crippen molar-refractivity contribution in [3.8, 4) is 0 Å². The van der Waals surface area contributed by atoms with Crippen LogP contribution >= 0.6 is 0 Å². The average Bonchev–Trinajstić information content (AvgIpc) is 2.35. The number of nitrogens with zero attached hydrogens (tertiary/aromatic N) is 1. The Morgan fingerprint density at radius 3 is 2.44 bits per heavy atom. The van der Waals surface area contributed by atoms with Gasteiger partial charge in [0.25, 0.3) is 5.92 Å². The van der Waals surface area contributed by atoms with Gasteiger partial charge in [-0.05, 0) is 0 Å². The van der Waals surface area contributed by atoms with Crippen molar-refractivity contribution in [3.63, 3.8) is 0 Å². The molecule has 5 heteroatoms. The molecule has 1 aromatic carbocycles. The predicted octanol–water partition coefficient (Wildman–Crippen LogP) is 2.22. The van der Waals surface area contributed by atoms with E-state index in [4.69, 9.17) is 5.73 Å². The van der Waals surface area contributed by atoms with Gasteiger partial charge < -0.3 is 10.3 Å². The SMILES string of the molecule is Nc1cn(CC(F)(F)c2ccccc2)ccc1=O. The Bertz CT molecular complexity index is 593. The molecule has 0 fully saturated rings. The fourth-order valence-corrected chi connectivity index (χ4v) is 1.65. The molecule has 0 saturated carbocycles. The third-order valence-electron chi connectivity index (χ3n) is 2.58. The molecule has 0 amide bonds. The number of nitrogens with two attached hydrogens (primary N) is 1. The molecule has 0 unspecified atom stereocenters. The van der Waals surface area contributed by atoms with E-state index in [1.807, 2.05) is 0 Å². The molecule has 2 rings (SSSR count). The topological polar surface area (TPSA) is 48.0 Å². The molecule has 0 spiro atoms. The number of anilines is 1. The van der Waals surface area contributed by atoms with Gasteiger partial charge in [-0.15, -0.1) is 0 Å². The standard InChI is InChI=1S/C13H12F2N2O/c14-13(15,10-4-2-1-3-5-10)9-17-7-6-12(18)11(16)8-17/h1-8H,9,16H2. The third kappa shape index (κ3) is 2.56. The maximum atomic E-state index is 13.9. The second kappa shape index (κ2) is 4.60. The molecule has 0 bridgehead atoms. The molecular weight excluding hydrogens is 238 g/mol. The average molecular weight is 250 g/mol. The van der Waals surface area contributed by atoms with E-state index < -0.39 is 12.5 Å². The van der Waals surface area contributed by atoms with E-state index in [1.165, 1.54) is 35.2 Å². The van der Waals surface area contributed by atoms with Gasteiger partial charge in [0.05, 0.1) is 12.2 Å². The van der Waals surface area contributed by atoms with Gasteiger partial charge in [0.15, 0.2) is 0 Å². The lowest BCUT2D eigenvalue weighted by molar-refractivity contribution is -0.0223. The van der Waals surface area contributed by atoms with Gasteiger partial charge in [0.1, 0.15) is 0 Å². The third-order valence-corrected chi connectivity index (χ3v) is 2.58. The summed E-state index contributed by atoms with van der Waals surface area (Å²) < 4.78 is 29.1. The van der Waals surface area contributed by atoms with Crippen LogP contribution < -0.4 is 11.2 Å². The van der Waals surface area contributed by atoms with Crippen molar-refractivity contribution in [2.45, 2.75) is 12.5 Å². The van der Waals surface area contributed by atoms with Crippen molar-refractivity contribution in [2.75, 3.05) is 5.73 Å². The van der Waals surface area contributed by atoms with Gasteiger partial charge in [-0.2, -0.15) is 8.78 Å². The predicted molar refractivity (Wildman–Crippen MR) is 65.5 cm³/mol. The van der Waals surface area contributed by atoms with E-state index in [1.54, 1.807) is 18.2 Å². The van der Waals surface area contributed by atoms with Crippen molar-refractivity contribution < 1.29 is 8.78 Å². The largest absolute Gasteiger partial charge is 0.394 e. The minimum Gasteiger partial charge on any atom is -0.394 e. The van der Waals surface area contributed by atoms with Crippen LogP contribution in [0.1, 0.15) is 5.56 Å². The minimum atomic E-state index is -3.01. The van der Waals surface area contributed by atoms with Crippen LogP contribution in [0.15, 0.2) is 53.6 Å². The summed E-state index contributed by atoms with van der Waals surface area (Å²) in [5.74, 6) is -3.01. The van der Waals surface area contributed by atoms with Gasteiger partial charge in [0, 0.05) is 24.0 Å². The second-order valence-electron chi connectivity index (χ2n) is 4.01. The summed E-state index contributed by atoms with van der Waals surface area (Å²) in [5, 5.41) is 0. The molecule has 0 aliphatic carbocycles. The maximum Gasteiger partial charge on any atom is 0.290 e. The highest BCUT2D eigenvalue weighted by atomic mass is 19.3. The monoisotopic (exact) mass is 250 g/mol. The van der Waals surface area contributed by atoms with Crippen LogP contribution in [0, 0.1) is 0 Å². The number of rotatable bonds is 3. The van der Waals surface area contributed by atoms with Crippen LogP contribution in [0.2, 0.25) is 0 Å². The number of hydrogen-bond acceptors (Lipinski definition) is 2. The zero-order chi connectivity index (χ0) is 13.2. The van der Waals surface area contributed by atoms with E-state index in [0.29, 0.717) is 0 Å². The lowest BCUT2D eigenvalue weighted by atomic mass is 10.1. The molecule has 0 atom stereocenters. The first-order chi connectivity index (χ1) is 8.49. The van der Waals surface area contributed by atoms with Crippen LogP contribution in [0.5, 0.6) is 0 Å². The van der Waals surface area contributed by atoms with E-state index >= 15 is 0 Å². The van der Waals surface area contributed by atoms with Gasteiger partial charge in [0.2, 0.25) is 5.43 Å². The van der Waals surface area contributed by atoms with Crippen LogP contribution in [0.4, 0.5) is 14.5 Å². The number of nitrogen functional groups attached to an aromatic ring is 1. The summed E-state index contributed by atoms with van der Waals surface area (Å²) in [7, 11) is 0. The summed E-state index contributed by atoms with van der Waals surface area (Å²) in [6.45, 7) is -0.554. The van der Waals surface area contributed by atoms with Gasteiger partial charge in [-0.3, -0.25) is 4.79 Å². The molecule has 1 aromatic heterocycles. The number of alkyl halides is 2. The summed E-state index contributed by atoms with van der Waals surface area (Å²) in [6.07, 6.45) is 2.52. The Labute approximate surface area is 102 Å². The first kappa shape index (κ1) is 12.3. The fourth-order valence-electron chi connectivity index (χ4n) is 1.65. The summed E-state index contributed by atoms with van der Waals surface area (Å²) in [5.41, 5.74) is 4.93. The molecule has 2 N–H and O–H groups in total. The van der Waals surface area contributed by atoms with Crippen molar-refractivity contribution >= 4 is 5.69 Å². The molecule has 0 saturated heterocycles. The van der Waals surface area contributed by atoms with E-state index in [2.05, 4.69) is 0 Å². The molecule has 3 nitrogen and oxygen atoms in total. The van der Waals surface area contributed by atoms with Gasteiger partial charge in [-0.1, -0.05) is 30.3 Å². The Hall–Kier alpha value is -2.17. The molecule has 2 aromatic rings. The molecule has 0 aliphatic heterocycles. The molecule has 18 heavy (non-hydrogen) atoms. The number of halogens is 2. The van der Waals surface area contributed by atoms with Crippen LogP contribution in [0.3, 0.4) is 0 Å². The molecule has 1 heterocycles. The van der Waals surface area contributed by atoms with E-state index in [-0.39, 0.29) is 16.7 Å².